The van der Waals surface area contributed by atoms with Crippen molar-refractivity contribution in [2.75, 3.05) is 18.2 Å². The quantitative estimate of drug-likeness (QED) is 0.323. The fourth-order valence-electron chi connectivity index (χ4n) is 2.61. The van der Waals surface area contributed by atoms with Gasteiger partial charge < -0.3 is 14.8 Å². The summed E-state index contributed by atoms with van der Waals surface area (Å²) in [6.07, 6.45) is 1.73. The van der Waals surface area contributed by atoms with Crippen LogP contribution in [0.25, 0.3) is 0 Å². The second-order valence-corrected chi connectivity index (χ2v) is 8.07. The molecule has 1 amide bonds. The number of halogens is 2. The molecule has 10 heteroatoms. The van der Waals surface area contributed by atoms with Gasteiger partial charge in [-0.3, -0.25) is 9.36 Å². The number of rotatable bonds is 10. The highest BCUT2D eigenvalue weighted by molar-refractivity contribution is 7.99. The molecule has 1 heterocycles. The van der Waals surface area contributed by atoms with E-state index in [1.165, 1.54) is 11.8 Å². The molecule has 0 unspecified atom stereocenters. The number of benzene rings is 2. The molecule has 162 valence electrons. The number of hydrogen-bond donors (Lipinski definition) is 1. The average Bonchev–Trinajstić information content (AvgIpc) is 3.12. The van der Waals surface area contributed by atoms with Crippen LogP contribution in [-0.4, -0.2) is 33.5 Å². The highest BCUT2D eigenvalue weighted by Crippen LogP contribution is 2.25. The van der Waals surface area contributed by atoms with Crippen molar-refractivity contribution >= 4 is 46.6 Å². The molecule has 0 aliphatic rings. The fourth-order valence-corrected chi connectivity index (χ4v) is 3.88. The molecule has 0 spiro atoms. The Morgan fingerprint density at radius 1 is 1.16 bits per heavy atom. The number of methoxy groups -OCH3 is 1. The van der Waals surface area contributed by atoms with Crippen LogP contribution in [0.5, 0.6) is 11.5 Å². The highest BCUT2D eigenvalue weighted by atomic mass is 35.5. The maximum atomic E-state index is 12.3. The lowest BCUT2D eigenvalue weighted by molar-refractivity contribution is -0.113. The van der Waals surface area contributed by atoms with Crippen LogP contribution in [0.3, 0.4) is 0 Å². The third kappa shape index (κ3) is 6.65. The molecule has 0 radical (unpaired) electrons. The van der Waals surface area contributed by atoms with Gasteiger partial charge in [-0.05, 0) is 42.5 Å². The summed E-state index contributed by atoms with van der Waals surface area (Å²) in [5.74, 6) is 1.86. The Morgan fingerprint density at radius 3 is 2.52 bits per heavy atom. The zero-order chi connectivity index (χ0) is 22.2. The Labute approximate surface area is 194 Å². The Bertz CT molecular complexity index is 1040. The van der Waals surface area contributed by atoms with E-state index in [0.29, 0.717) is 39.0 Å². The van der Waals surface area contributed by atoms with E-state index < -0.39 is 0 Å². The topological polar surface area (TPSA) is 78.3 Å². The van der Waals surface area contributed by atoms with Crippen LogP contribution in [0.4, 0.5) is 5.69 Å². The van der Waals surface area contributed by atoms with Gasteiger partial charge in [-0.15, -0.1) is 16.8 Å². The molecule has 1 aromatic heterocycles. The minimum atomic E-state index is -0.158. The van der Waals surface area contributed by atoms with Gasteiger partial charge in [-0.2, -0.15) is 0 Å². The van der Waals surface area contributed by atoms with E-state index >= 15 is 0 Å². The second kappa shape index (κ2) is 11.1. The molecule has 1 N–H and O–H groups in total. The van der Waals surface area contributed by atoms with Crippen LogP contribution in [0.15, 0.2) is 60.3 Å². The second-order valence-electron chi connectivity index (χ2n) is 6.26. The summed E-state index contributed by atoms with van der Waals surface area (Å²) in [5.41, 5.74) is 0.688. The summed E-state index contributed by atoms with van der Waals surface area (Å²) in [5, 5.41) is 12.8. The Hall–Kier alpha value is -2.68. The molecule has 0 saturated carbocycles. The van der Waals surface area contributed by atoms with Crippen LogP contribution >= 0.6 is 35.0 Å². The minimum Gasteiger partial charge on any atom is -0.497 e. The number of allylic oxidation sites excluding steroid dienone is 1. The lowest BCUT2D eigenvalue weighted by Gasteiger charge is -2.10. The fraction of sp³-hybridized carbons (Fsp3) is 0.190. The Balaban J connectivity index is 1.61. The van der Waals surface area contributed by atoms with E-state index in [2.05, 4.69) is 22.1 Å². The van der Waals surface area contributed by atoms with Gasteiger partial charge in [-0.25, -0.2) is 0 Å². The SMILES string of the molecule is C=CCn1c(COc2cc(Cl)cc(Cl)c2)nnc1SCC(=O)Nc1ccc(OC)cc1. The molecule has 7 nitrogen and oxygen atoms in total. The van der Waals surface area contributed by atoms with Crippen molar-refractivity contribution in [1.82, 2.24) is 14.8 Å². The number of nitrogens with zero attached hydrogens (tertiary/aromatic N) is 3. The predicted octanol–water partition coefficient (Wildman–Crippen LogP) is 5.09. The van der Waals surface area contributed by atoms with Crippen LogP contribution in [0, 0.1) is 0 Å². The van der Waals surface area contributed by atoms with Gasteiger partial charge in [-0.1, -0.05) is 41.0 Å². The number of amides is 1. The molecular weight excluding hydrogens is 459 g/mol. The summed E-state index contributed by atoms with van der Waals surface area (Å²) >= 11 is 13.3. The molecule has 3 rings (SSSR count). The molecule has 0 aliphatic carbocycles. The van der Waals surface area contributed by atoms with Gasteiger partial charge in [0.1, 0.15) is 18.1 Å². The lowest BCUT2D eigenvalue weighted by atomic mass is 10.3. The average molecular weight is 479 g/mol. The first-order valence-electron chi connectivity index (χ1n) is 9.17. The summed E-state index contributed by atoms with van der Waals surface area (Å²) in [4.78, 5) is 12.3. The normalized spacial score (nSPS) is 10.5. The predicted molar refractivity (Wildman–Crippen MR) is 123 cm³/mol. The number of anilines is 1. The van der Waals surface area contributed by atoms with Crippen LogP contribution in [-0.2, 0) is 17.9 Å². The highest BCUT2D eigenvalue weighted by Gasteiger charge is 2.14. The molecule has 0 fully saturated rings. The van der Waals surface area contributed by atoms with Gasteiger partial charge in [0.2, 0.25) is 5.91 Å². The number of hydrogen-bond acceptors (Lipinski definition) is 6. The molecule has 0 atom stereocenters. The van der Waals surface area contributed by atoms with Crippen molar-refractivity contribution in [1.29, 1.82) is 0 Å². The Morgan fingerprint density at radius 2 is 1.87 bits per heavy atom. The summed E-state index contributed by atoms with van der Waals surface area (Å²) in [7, 11) is 1.59. The number of ether oxygens (including phenoxy) is 2. The molecule has 3 aromatic rings. The van der Waals surface area contributed by atoms with Crippen LogP contribution in [0.1, 0.15) is 5.82 Å². The molecule has 2 aromatic carbocycles. The van der Waals surface area contributed by atoms with Crippen molar-refractivity contribution in [3.05, 3.63) is 71.0 Å². The third-order valence-corrected chi connectivity index (χ3v) is 5.42. The van der Waals surface area contributed by atoms with Crippen molar-refractivity contribution in [3.63, 3.8) is 0 Å². The van der Waals surface area contributed by atoms with Crippen molar-refractivity contribution in [3.8, 4) is 11.5 Å². The monoisotopic (exact) mass is 478 g/mol. The summed E-state index contributed by atoms with van der Waals surface area (Å²) in [6.45, 7) is 4.41. The molecule has 31 heavy (non-hydrogen) atoms. The number of carbonyl (C=O) groups is 1. The number of carbonyl (C=O) groups excluding carboxylic acids is 1. The van der Waals surface area contributed by atoms with Crippen LogP contribution < -0.4 is 14.8 Å². The van der Waals surface area contributed by atoms with E-state index in [1.54, 1.807) is 55.7 Å². The smallest absolute Gasteiger partial charge is 0.234 e. The van der Waals surface area contributed by atoms with Crippen molar-refractivity contribution in [2.24, 2.45) is 0 Å². The van der Waals surface area contributed by atoms with E-state index in [1.807, 2.05) is 4.57 Å². The zero-order valence-electron chi connectivity index (χ0n) is 16.7. The first-order chi connectivity index (χ1) is 15.0. The lowest BCUT2D eigenvalue weighted by Crippen LogP contribution is -2.15. The van der Waals surface area contributed by atoms with E-state index in [-0.39, 0.29) is 18.3 Å². The van der Waals surface area contributed by atoms with E-state index in [0.717, 1.165) is 5.75 Å². The van der Waals surface area contributed by atoms with Gasteiger partial charge in [0.25, 0.3) is 0 Å². The number of nitrogens with one attached hydrogen (secondary N) is 1. The molecule has 0 aliphatic heterocycles. The zero-order valence-corrected chi connectivity index (χ0v) is 19.0. The van der Waals surface area contributed by atoms with Gasteiger partial charge >= 0.3 is 0 Å². The maximum Gasteiger partial charge on any atom is 0.234 e. The maximum absolute atomic E-state index is 12.3. The van der Waals surface area contributed by atoms with Crippen molar-refractivity contribution in [2.45, 2.75) is 18.3 Å². The first kappa shape index (κ1) is 23.0. The number of thioether (sulfide) groups is 1. The van der Waals surface area contributed by atoms with Crippen molar-refractivity contribution < 1.29 is 14.3 Å². The van der Waals surface area contributed by atoms with Crippen LogP contribution in [0.2, 0.25) is 10.0 Å². The van der Waals surface area contributed by atoms with Gasteiger partial charge in [0.05, 0.1) is 12.9 Å². The molecular formula is C21H20Cl2N4O3S. The van der Waals surface area contributed by atoms with Gasteiger partial charge in [0, 0.05) is 22.3 Å². The minimum absolute atomic E-state index is 0.158. The number of aromatic nitrogens is 3. The molecule has 0 saturated heterocycles. The van der Waals surface area contributed by atoms with E-state index in [9.17, 15) is 4.79 Å². The molecule has 0 bridgehead atoms. The summed E-state index contributed by atoms with van der Waals surface area (Å²) in [6, 6.07) is 12.1. The third-order valence-electron chi connectivity index (χ3n) is 4.02. The summed E-state index contributed by atoms with van der Waals surface area (Å²) < 4.78 is 12.7. The van der Waals surface area contributed by atoms with E-state index in [4.69, 9.17) is 32.7 Å². The first-order valence-corrected chi connectivity index (χ1v) is 10.9. The van der Waals surface area contributed by atoms with Gasteiger partial charge in [0.15, 0.2) is 11.0 Å². The standard InChI is InChI=1S/C21H20Cl2N4O3S/c1-3-8-27-19(12-30-18-10-14(22)9-15(23)11-18)25-26-21(27)31-13-20(28)24-16-4-6-17(29-2)7-5-16/h3-7,9-11H,1,8,12-13H2,2H3,(H,24,28). The Kier molecular flexibility index (Phi) is 8.22. The largest absolute Gasteiger partial charge is 0.497 e.